The number of aliphatic hydroxyl groups excluding tert-OH is 1. The fraction of sp³-hybridized carbons (Fsp3) is 0.0769. The van der Waals surface area contributed by atoms with Crippen molar-refractivity contribution in [3.63, 3.8) is 0 Å². The molecule has 0 aliphatic rings. The third-order valence-electron chi connectivity index (χ3n) is 4.84. The van der Waals surface area contributed by atoms with Crippen LogP contribution in [0.3, 0.4) is 0 Å². The largest absolute Gasteiger partial charge is 0.506 e. The van der Waals surface area contributed by atoms with Gasteiger partial charge in [0.15, 0.2) is 5.71 Å². The summed E-state index contributed by atoms with van der Waals surface area (Å²) in [6, 6.07) is 22.7. The molecule has 0 saturated carbocycles. The Hall–Kier alpha value is -4.23. The Morgan fingerprint density at radius 3 is 2.00 bits per heavy atom. The number of ketones is 1. The van der Waals surface area contributed by atoms with Crippen LogP contribution in [0.4, 0.5) is 11.4 Å². The second kappa shape index (κ2) is 11.1. The normalized spacial score (nSPS) is 11.9. The second-order valence-corrected chi connectivity index (χ2v) is 7.48. The highest BCUT2D eigenvalue weighted by atomic mass is 35.5. The molecule has 8 heteroatoms. The summed E-state index contributed by atoms with van der Waals surface area (Å²) in [5, 5.41) is 11.5. The number of ether oxygens (including phenoxy) is 1. The van der Waals surface area contributed by atoms with Crippen LogP contribution >= 0.6 is 11.6 Å². The number of carbonyl (C=O) groups excluding carboxylic acids is 3. The standard InChI is InChI=1S/C26H21ClN2O5/c1-29(20-11-7-4-8-12-20)25(32)24(31)21(23(30)17-13-15-18(27)16-14-17)22(26(33)34-2)28-19-9-5-3-6-10-19/h3-16,30H,1-2H3. The zero-order chi connectivity index (χ0) is 24.7. The molecule has 3 aromatic rings. The number of para-hydroxylation sites is 2. The number of rotatable bonds is 7. The predicted octanol–water partition coefficient (Wildman–Crippen LogP) is 4.79. The van der Waals surface area contributed by atoms with Gasteiger partial charge >= 0.3 is 5.97 Å². The van der Waals surface area contributed by atoms with Crippen molar-refractivity contribution in [3.8, 4) is 0 Å². The van der Waals surface area contributed by atoms with Gasteiger partial charge in [0.2, 0.25) is 0 Å². The van der Waals surface area contributed by atoms with Crippen LogP contribution in [0.15, 0.2) is 95.5 Å². The predicted molar refractivity (Wildman–Crippen MR) is 131 cm³/mol. The molecule has 3 rings (SSSR count). The molecule has 0 atom stereocenters. The molecule has 0 saturated heterocycles. The van der Waals surface area contributed by atoms with Crippen molar-refractivity contribution in [3.05, 3.63) is 101 Å². The van der Waals surface area contributed by atoms with Gasteiger partial charge in [-0.2, -0.15) is 0 Å². The number of aliphatic hydroxyl groups is 1. The number of Topliss-reactive ketones (excluding diaryl/α,β-unsaturated/α-hetero) is 1. The molecule has 0 radical (unpaired) electrons. The molecular weight excluding hydrogens is 456 g/mol. The molecule has 34 heavy (non-hydrogen) atoms. The van der Waals surface area contributed by atoms with Gasteiger partial charge in [-0.25, -0.2) is 9.79 Å². The summed E-state index contributed by atoms with van der Waals surface area (Å²) in [5.74, 6) is -3.73. The number of hydrogen-bond acceptors (Lipinski definition) is 6. The second-order valence-electron chi connectivity index (χ2n) is 7.05. The van der Waals surface area contributed by atoms with Crippen molar-refractivity contribution in [2.24, 2.45) is 4.99 Å². The summed E-state index contributed by atoms with van der Waals surface area (Å²) in [5.41, 5.74) is -0.175. The van der Waals surface area contributed by atoms with Crippen LogP contribution in [0.1, 0.15) is 5.56 Å². The van der Waals surface area contributed by atoms with Gasteiger partial charge in [0.1, 0.15) is 11.3 Å². The van der Waals surface area contributed by atoms with Crippen LogP contribution in [-0.4, -0.2) is 42.6 Å². The summed E-state index contributed by atoms with van der Waals surface area (Å²) in [4.78, 5) is 44.7. The number of nitrogens with zero attached hydrogens (tertiary/aromatic N) is 2. The van der Waals surface area contributed by atoms with Gasteiger partial charge in [-0.15, -0.1) is 0 Å². The van der Waals surface area contributed by atoms with Gasteiger partial charge in [-0.1, -0.05) is 48.0 Å². The summed E-state index contributed by atoms with van der Waals surface area (Å²) in [6.45, 7) is 0. The third kappa shape index (κ3) is 5.57. The van der Waals surface area contributed by atoms with E-state index >= 15 is 0 Å². The first-order chi connectivity index (χ1) is 16.3. The Bertz CT molecular complexity index is 1250. The number of hydrogen-bond donors (Lipinski definition) is 1. The molecule has 0 bridgehead atoms. The molecule has 0 aliphatic heterocycles. The number of anilines is 1. The van der Waals surface area contributed by atoms with Gasteiger partial charge in [0.25, 0.3) is 11.7 Å². The fourth-order valence-electron chi connectivity index (χ4n) is 3.04. The van der Waals surface area contributed by atoms with E-state index in [9.17, 15) is 19.5 Å². The minimum Gasteiger partial charge on any atom is -0.506 e. The number of carbonyl (C=O) groups is 3. The first-order valence-electron chi connectivity index (χ1n) is 10.1. The van der Waals surface area contributed by atoms with Crippen LogP contribution in [0.25, 0.3) is 5.76 Å². The minimum atomic E-state index is -1.14. The number of likely N-dealkylation sites (N-methyl/N-ethyl adjacent to an activating group) is 1. The maximum Gasteiger partial charge on any atom is 0.357 e. The monoisotopic (exact) mass is 476 g/mol. The Labute approximate surface area is 201 Å². The van der Waals surface area contributed by atoms with E-state index in [0.717, 1.165) is 12.0 Å². The molecule has 0 aliphatic carbocycles. The molecule has 1 N–H and O–H groups in total. The Balaban J connectivity index is 2.20. The van der Waals surface area contributed by atoms with Crippen LogP contribution in [0, 0.1) is 0 Å². The van der Waals surface area contributed by atoms with Gasteiger partial charge in [-0.3, -0.25) is 9.59 Å². The molecule has 0 spiro atoms. The van der Waals surface area contributed by atoms with Crippen LogP contribution in [-0.2, 0) is 19.1 Å². The number of methoxy groups -OCH3 is 1. The molecule has 0 fully saturated rings. The lowest BCUT2D eigenvalue weighted by Crippen LogP contribution is -2.37. The van der Waals surface area contributed by atoms with Crippen molar-refractivity contribution < 1.29 is 24.2 Å². The molecule has 7 nitrogen and oxygen atoms in total. The highest BCUT2D eigenvalue weighted by molar-refractivity contribution is 6.62. The average Bonchev–Trinajstić information content (AvgIpc) is 2.88. The number of aliphatic imine (C=N–C) groups is 1. The van der Waals surface area contributed by atoms with E-state index in [1.54, 1.807) is 60.7 Å². The third-order valence-corrected chi connectivity index (χ3v) is 5.09. The van der Waals surface area contributed by atoms with Crippen LogP contribution in [0.2, 0.25) is 5.02 Å². The zero-order valence-electron chi connectivity index (χ0n) is 18.4. The topological polar surface area (TPSA) is 96.3 Å². The van der Waals surface area contributed by atoms with E-state index in [1.165, 1.54) is 31.3 Å². The summed E-state index contributed by atoms with van der Waals surface area (Å²) in [7, 11) is 2.53. The minimum absolute atomic E-state index is 0.160. The van der Waals surface area contributed by atoms with E-state index in [-0.39, 0.29) is 5.56 Å². The van der Waals surface area contributed by atoms with E-state index in [2.05, 4.69) is 4.99 Å². The highest BCUT2D eigenvalue weighted by Gasteiger charge is 2.34. The summed E-state index contributed by atoms with van der Waals surface area (Å²) < 4.78 is 4.83. The van der Waals surface area contributed by atoms with Gasteiger partial charge < -0.3 is 14.7 Å². The molecule has 0 heterocycles. The smallest absolute Gasteiger partial charge is 0.357 e. The molecular formula is C26H21ClN2O5. The number of esters is 1. The van der Waals surface area contributed by atoms with Gasteiger partial charge in [0.05, 0.1) is 12.8 Å². The van der Waals surface area contributed by atoms with E-state index in [4.69, 9.17) is 16.3 Å². The first-order valence-corrected chi connectivity index (χ1v) is 10.5. The lowest BCUT2D eigenvalue weighted by atomic mass is 9.98. The Morgan fingerprint density at radius 2 is 1.44 bits per heavy atom. The first kappa shape index (κ1) is 24.4. The van der Waals surface area contributed by atoms with E-state index in [1.807, 2.05) is 0 Å². The summed E-state index contributed by atoms with van der Waals surface area (Å²) >= 11 is 5.94. The van der Waals surface area contributed by atoms with E-state index < -0.39 is 34.7 Å². The lowest BCUT2D eigenvalue weighted by molar-refractivity contribution is -0.134. The van der Waals surface area contributed by atoms with Crippen LogP contribution < -0.4 is 4.90 Å². The van der Waals surface area contributed by atoms with Crippen molar-refractivity contribution in [2.75, 3.05) is 19.1 Å². The molecule has 3 aromatic carbocycles. The van der Waals surface area contributed by atoms with Crippen molar-refractivity contribution in [1.82, 2.24) is 0 Å². The SMILES string of the molecule is COC(=O)C(=Nc1ccccc1)C(C(=O)C(=O)N(C)c1ccccc1)=C(O)c1ccc(Cl)cc1. The Morgan fingerprint density at radius 1 is 0.882 bits per heavy atom. The number of amides is 1. The average molecular weight is 477 g/mol. The molecule has 0 aromatic heterocycles. The Kier molecular flexibility index (Phi) is 7.95. The van der Waals surface area contributed by atoms with E-state index in [0.29, 0.717) is 16.4 Å². The summed E-state index contributed by atoms with van der Waals surface area (Å²) in [6.07, 6.45) is 0. The number of halogens is 1. The lowest BCUT2D eigenvalue weighted by Gasteiger charge is -2.18. The van der Waals surface area contributed by atoms with Crippen molar-refractivity contribution in [1.29, 1.82) is 0 Å². The quantitative estimate of drug-likeness (QED) is 0.174. The fourth-order valence-corrected chi connectivity index (χ4v) is 3.17. The number of benzene rings is 3. The zero-order valence-corrected chi connectivity index (χ0v) is 19.2. The maximum atomic E-state index is 13.5. The van der Waals surface area contributed by atoms with Crippen molar-refractivity contribution in [2.45, 2.75) is 0 Å². The molecule has 1 amide bonds. The van der Waals surface area contributed by atoms with Gasteiger partial charge in [-0.05, 0) is 48.5 Å². The van der Waals surface area contributed by atoms with Gasteiger partial charge in [0, 0.05) is 23.3 Å². The van der Waals surface area contributed by atoms with Crippen LogP contribution in [0.5, 0.6) is 0 Å². The van der Waals surface area contributed by atoms with Crippen molar-refractivity contribution >= 4 is 52.1 Å². The maximum absolute atomic E-state index is 13.5. The highest BCUT2D eigenvalue weighted by Crippen LogP contribution is 2.24. The molecule has 0 unspecified atom stereocenters. The molecule has 172 valence electrons.